The Bertz CT molecular complexity index is 383. The molecule has 14 heavy (non-hydrogen) atoms. The molecule has 0 bridgehead atoms. The van der Waals surface area contributed by atoms with Crippen molar-refractivity contribution in [2.24, 2.45) is 5.73 Å². The third-order valence-corrected chi connectivity index (χ3v) is 1.76. The van der Waals surface area contributed by atoms with E-state index in [1.165, 1.54) is 6.20 Å². The van der Waals surface area contributed by atoms with Gasteiger partial charge in [-0.15, -0.1) is 0 Å². The van der Waals surface area contributed by atoms with Crippen LogP contribution in [0.3, 0.4) is 0 Å². The van der Waals surface area contributed by atoms with E-state index < -0.39 is 23.3 Å². The first-order chi connectivity index (χ1) is 6.32. The van der Waals surface area contributed by atoms with Gasteiger partial charge in [-0.3, -0.25) is 4.79 Å². The molecule has 6 heteroatoms. The lowest BCUT2D eigenvalue weighted by atomic mass is 10.1. The van der Waals surface area contributed by atoms with Crippen LogP contribution in [0.1, 0.15) is 17.2 Å². The molecule has 0 spiro atoms. The lowest BCUT2D eigenvalue weighted by Crippen LogP contribution is -2.33. The van der Waals surface area contributed by atoms with Gasteiger partial charge in [0.05, 0.1) is 0 Å². The number of nitrogens with two attached hydrogens (primary N) is 1. The SMILES string of the molecule is Cc1c[nH]c(=O)c([C@H](N)C(F)(F)F)c1. The van der Waals surface area contributed by atoms with Crippen LogP contribution in [-0.2, 0) is 0 Å². The highest BCUT2D eigenvalue weighted by atomic mass is 19.4. The second-order valence-corrected chi connectivity index (χ2v) is 2.98. The fourth-order valence-electron chi connectivity index (χ4n) is 1.02. The molecule has 3 N–H and O–H groups in total. The van der Waals surface area contributed by atoms with Crippen LogP contribution in [0.2, 0.25) is 0 Å². The monoisotopic (exact) mass is 206 g/mol. The third kappa shape index (κ3) is 2.14. The van der Waals surface area contributed by atoms with Crippen LogP contribution in [0.25, 0.3) is 0 Å². The van der Waals surface area contributed by atoms with E-state index in [2.05, 4.69) is 4.98 Å². The molecular formula is C8H9F3N2O. The first-order valence-electron chi connectivity index (χ1n) is 3.84. The summed E-state index contributed by atoms with van der Waals surface area (Å²) in [5.74, 6) is 0. The van der Waals surface area contributed by atoms with Crippen molar-refractivity contribution in [3.63, 3.8) is 0 Å². The molecule has 0 aliphatic carbocycles. The molecule has 1 rings (SSSR count). The molecule has 1 aromatic heterocycles. The minimum absolute atomic E-state index is 0.461. The highest BCUT2D eigenvalue weighted by molar-refractivity contribution is 5.21. The molecule has 0 saturated heterocycles. The van der Waals surface area contributed by atoms with Crippen molar-refractivity contribution >= 4 is 0 Å². The van der Waals surface area contributed by atoms with E-state index in [1.807, 2.05) is 0 Å². The summed E-state index contributed by atoms with van der Waals surface area (Å²) in [6, 6.07) is -1.09. The molecule has 0 amide bonds. The van der Waals surface area contributed by atoms with E-state index >= 15 is 0 Å². The van der Waals surface area contributed by atoms with Gasteiger partial charge in [0.25, 0.3) is 5.56 Å². The molecule has 1 atom stereocenters. The lowest BCUT2D eigenvalue weighted by molar-refractivity contribution is -0.149. The number of alkyl halides is 3. The summed E-state index contributed by atoms with van der Waals surface area (Å²) < 4.78 is 36.5. The van der Waals surface area contributed by atoms with Crippen molar-refractivity contribution in [2.75, 3.05) is 0 Å². The van der Waals surface area contributed by atoms with Gasteiger partial charge in [0.1, 0.15) is 6.04 Å². The Labute approximate surface area is 77.7 Å². The fraction of sp³-hybridized carbons (Fsp3) is 0.375. The highest BCUT2D eigenvalue weighted by Crippen LogP contribution is 2.28. The van der Waals surface area contributed by atoms with Crippen LogP contribution in [0.5, 0.6) is 0 Å². The molecule has 78 valence electrons. The highest BCUT2D eigenvalue weighted by Gasteiger charge is 2.39. The topological polar surface area (TPSA) is 58.9 Å². The summed E-state index contributed by atoms with van der Waals surface area (Å²) in [5, 5.41) is 0. The van der Waals surface area contributed by atoms with E-state index in [1.54, 1.807) is 6.92 Å². The Balaban J connectivity index is 3.19. The standard InChI is InChI=1S/C8H9F3N2O/c1-4-2-5(7(14)13-3-4)6(12)8(9,10)11/h2-3,6H,12H2,1H3,(H,13,14)/t6-/m0/s1. The minimum Gasteiger partial charge on any atom is -0.329 e. The summed E-state index contributed by atoms with van der Waals surface area (Å²) in [7, 11) is 0. The zero-order valence-corrected chi connectivity index (χ0v) is 7.35. The van der Waals surface area contributed by atoms with Gasteiger partial charge in [0, 0.05) is 11.8 Å². The Morgan fingerprint density at radius 2 is 2.07 bits per heavy atom. The maximum Gasteiger partial charge on any atom is 0.407 e. The number of rotatable bonds is 1. The van der Waals surface area contributed by atoms with E-state index in [4.69, 9.17) is 5.73 Å². The van der Waals surface area contributed by atoms with Crippen molar-refractivity contribution in [3.05, 3.63) is 33.7 Å². The summed E-state index contributed by atoms with van der Waals surface area (Å²) in [4.78, 5) is 13.2. The smallest absolute Gasteiger partial charge is 0.329 e. The average molecular weight is 206 g/mol. The number of aromatic nitrogens is 1. The van der Waals surface area contributed by atoms with Gasteiger partial charge in [-0.25, -0.2) is 0 Å². The Kier molecular flexibility index (Phi) is 2.66. The molecule has 0 aliphatic heterocycles. The van der Waals surface area contributed by atoms with Crippen molar-refractivity contribution < 1.29 is 13.2 Å². The van der Waals surface area contributed by atoms with Crippen LogP contribution in [0.4, 0.5) is 13.2 Å². The van der Waals surface area contributed by atoms with Crippen LogP contribution >= 0.6 is 0 Å². The Hall–Kier alpha value is -1.30. The van der Waals surface area contributed by atoms with Crippen LogP contribution in [0.15, 0.2) is 17.1 Å². The Morgan fingerprint density at radius 1 is 1.50 bits per heavy atom. The second-order valence-electron chi connectivity index (χ2n) is 2.98. The van der Waals surface area contributed by atoms with Gasteiger partial charge >= 0.3 is 6.18 Å². The van der Waals surface area contributed by atoms with Crippen molar-refractivity contribution in [2.45, 2.75) is 19.1 Å². The fourth-order valence-corrected chi connectivity index (χ4v) is 1.02. The van der Waals surface area contributed by atoms with Gasteiger partial charge < -0.3 is 10.7 Å². The van der Waals surface area contributed by atoms with Gasteiger partial charge in [-0.05, 0) is 18.6 Å². The summed E-state index contributed by atoms with van der Waals surface area (Å²) in [6.45, 7) is 1.57. The molecule has 0 aromatic carbocycles. The van der Waals surface area contributed by atoms with Crippen molar-refractivity contribution in [1.29, 1.82) is 0 Å². The number of hydrogen-bond acceptors (Lipinski definition) is 2. The largest absolute Gasteiger partial charge is 0.407 e. The predicted octanol–water partition coefficient (Wildman–Crippen LogP) is 1.25. The van der Waals surface area contributed by atoms with Crippen molar-refractivity contribution in [3.8, 4) is 0 Å². The molecule has 0 saturated carbocycles. The van der Waals surface area contributed by atoms with Gasteiger partial charge in [0.15, 0.2) is 0 Å². The average Bonchev–Trinajstić information content (AvgIpc) is 2.06. The Morgan fingerprint density at radius 3 is 2.57 bits per heavy atom. The first-order valence-corrected chi connectivity index (χ1v) is 3.84. The van der Waals surface area contributed by atoms with Crippen LogP contribution in [0, 0.1) is 6.92 Å². The molecular weight excluding hydrogens is 197 g/mol. The molecule has 0 aliphatic rings. The van der Waals surface area contributed by atoms with Gasteiger partial charge in [-0.1, -0.05) is 0 Å². The molecule has 0 fully saturated rings. The van der Waals surface area contributed by atoms with Crippen LogP contribution in [-0.4, -0.2) is 11.2 Å². The number of halogens is 3. The van der Waals surface area contributed by atoms with E-state index in [0.717, 1.165) is 6.07 Å². The van der Waals surface area contributed by atoms with Gasteiger partial charge in [-0.2, -0.15) is 13.2 Å². The summed E-state index contributed by atoms with van der Waals surface area (Å²) in [5.41, 5.74) is 4.16. The summed E-state index contributed by atoms with van der Waals surface area (Å²) in [6.07, 6.45) is -3.27. The number of nitrogens with one attached hydrogen (secondary N) is 1. The number of H-pyrrole nitrogens is 1. The number of pyridine rings is 1. The zero-order valence-electron chi connectivity index (χ0n) is 7.35. The van der Waals surface area contributed by atoms with E-state index in [-0.39, 0.29) is 0 Å². The van der Waals surface area contributed by atoms with E-state index in [0.29, 0.717) is 5.56 Å². The second kappa shape index (κ2) is 3.45. The molecule has 3 nitrogen and oxygen atoms in total. The maximum atomic E-state index is 12.2. The van der Waals surface area contributed by atoms with Crippen LogP contribution < -0.4 is 11.3 Å². The third-order valence-electron chi connectivity index (χ3n) is 1.76. The van der Waals surface area contributed by atoms with Gasteiger partial charge in [0.2, 0.25) is 0 Å². The minimum atomic E-state index is -4.60. The molecule has 0 radical (unpaired) electrons. The predicted molar refractivity (Wildman–Crippen MR) is 44.8 cm³/mol. The molecule has 1 aromatic rings. The lowest BCUT2D eigenvalue weighted by Gasteiger charge is -2.14. The number of aromatic amines is 1. The summed E-state index contributed by atoms with van der Waals surface area (Å²) >= 11 is 0. The number of hydrogen-bond donors (Lipinski definition) is 2. The van der Waals surface area contributed by atoms with Crippen molar-refractivity contribution in [1.82, 2.24) is 4.98 Å². The van der Waals surface area contributed by atoms with E-state index in [9.17, 15) is 18.0 Å². The number of aryl methyl sites for hydroxylation is 1. The zero-order chi connectivity index (χ0) is 10.9. The normalized spacial score (nSPS) is 14.1. The quantitative estimate of drug-likeness (QED) is 0.726. The maximum absolute atomic E-state index is 12.2. The molecule has 0 unspecified atom stereocenters. The molecule has 1 heterocycles. The first kappa shape index (κ1) is 10.8.